The lowest BCUT2D eigenvalue weighted by Gasteiger charge is -2.17. The van der Waals surface area contributed by atoms with Crippen LogP contribution in [0.1, 0.15) is 15.9 Å². The number of sulfonamides is 1. The van der Waals surface area contributed by atoms with Crippen LogP contribution in [-0.4, -0.2) is 40.0 Å². The molecule has 26 heavy (non-hydrogen) atoms. The summed E-state index contributed by atoms with van der Waals surface area (Å²) >= 11 is 0. The van der Waals surface area contributed by atoms with Gasteiger partial charge in [-0.3, -0.25) is 4.79 Å². The van der Waals surface area contributed by atoms with Gasteiger partial charge in [0.15, 0.2) is 0 Å². The van der Waals surface area contributed by atoms with Crippen LogP contribution in [0.2, 0.25) is 0 Å². The number of hydrogen-bond donors (Lipinski definition) is 2. The van der Waals surface area contributed by atoms with Gasteiger partial charge in [0.25, 0.3) is 5.91 Å². The van der Waals surface area contributed by atoms with Gasteiger partial charge in [0.2, 0.25) is 10.0 Å². The van der Waals surface area contributed by atoms with Crippen molar-refractivity contribution in [2.45, 2.75) is 17.9 Å². The van der Waals surface area contributed by atoms with Crippen molar-refractivity contribution in [3.63, 3.8) is 0 Å². The summed E-state index contributed by atoms with van der Waals surface area (Å²) in [4.78, 5) is 24.2. The number of rotatable bonds is 7. The van der Waals surface area contributed by atoms with E-state index >= 15 is 0 Å². The summed E-state index contributed by atoms with van der Waals surface area (Å²) in [5.41, 5.74) is 1.27. The summed E-state index contributed by atoms with van der Waals surface area (Å²) in [6, 6.07) is 13.4. The molecule has 0 heterocycles. The van der Waals surface area contributed by atoms with Crippen LogP contribution in [0.5, 0.6) is 0 Å². The van der Waals surface area contributed by atoms with Gasteiger partial charge in [0, 0.05) is 12.1 Å². The molecule has 0 saturated heterocycles. The van der Waals surface area contributed by atoms with Gasteiger partial charge in [-0.2, -0.15) is 0 Å². The fourth-order valence-corrected chi connectivity index (χ4v) is 3.21. The average Bonchev–Trinajstić information content (AvgIpc) is 2.65. The smallest absolute Gasteiger partial charge is 0.329 e. The molecule has 0 bridgehead atoms. The van der Waals surface area contributed by atoms with E-state index < -0.39 is 27.9 Å². The largest absolute Gasteiger partial charge is 0.467 e. The Labute approximate surface area is 152 Å². The molecule has 0 radical (unpaired) electrons. The van der Waals surface area contributed by atoms with Crippen LogP contribution in [0.25, 0.3) is 0 Å². The number of esters is 1. The van der Waals surface area contributed by atoms with Crippen molar-refractivity contribution in [3.05, 3.63) is 65.7 Å². The molecule has 0 spiro atoms. The van der Waals surface area contributed by atoms with E-state index in [2.05, 4.69) is 14.8 Å². The quantitative estimate of drug-likeness (QED) is 0.708. The lowest BCUT2D eigenvalue weighted by molar-refractivity contribution is -0.142. The molecule has 0 aliphatic rings. The minimum absolute atomic E-state index is 0.0705. The number of carbonyl (C=O) groups excluding carboxylic acids is 2. The van der Waals surface area contributed by atoms with Gasteiger partial charge >= 0.3 is 5.97 Å². The Morgan fingerprint density at radius 3 is 2.23 bits per heavy atom. The highest BCUT2D eigenvalue weighted by molar-refractivity contribution is 7.89. The van der Waals surface area contributed by atoms with Crippen LogP contribution in [0.4, 0.5) is 0 Å². The third-order valence-electron chi connectivity index (χ3n) is 3.64. The fourth-order valence-electron chi connectivity index (χ4n) is 2.16. The number of amides is 1. The molecule has 0 aliphatic carbocycles. The summed E-state index contributed by atoms with van der Waals surface area (Å²) in [5, 5.41) is 2.48. The predicted octanol–water partition coefficient (Wildman–Crippen LogP) is 1.24. The van der Waals surface area contributed by atoms with Gasteiger partial charge in [-0.05, 0) is 31.2 Å². The normalized spacial score (nSPS) is 12.2. The number of hydrogen-bond acceptors (Lipinski definition) is 5. The van der Waals surface area contributed by atoms with E-state index in [1.807, 2.05) is 6.92 Å². The zero-order chi connectivity index (χ0) is 19.2. The van der Waals surface area contributed by atoms with E-state index in [1.54, 1.807) is 42.5 Å². The molecule has 2 aromatic rings. The van der Waals surface area contributed by atoms with Crippen LogP contribution in [0.3, 0.4) is 0 Å². The molecule has 0 saturated carbocycles. The summed E-state index contributed by atoms with van der Waals surface area (Å²) < 4.78 is 31.6. The first-order valence-electron chi connectivity index (χ1n) is 7.83. The monoisotopic (exact) mass is 376 g/mol. The molecule has 7 nitrogen and oxygen atoms in total. The van der Waals surface area contributed by atoms with E-state index in [9.17, 15) is 18.0 Å². The first-order chi connectivity index (χ1) is 12.3. The number of ether oxygens (including phenoxy) is 1. The van der Waals surface area contributed by atoms with Crippen molar-refractivity contribution in [2.24, 2.45) is 0 Å². The maximum Gasteiger partial charge on any atom is 0.329 e. The van der Waals surface area contributed by atoms with Gasteiger partial charge < -0.3 is 10.1 Å². The highest BCUT2D eigenvalue weighted by Gasteiger charge is 2.25. The van der Waals surface area contributed by atoms with Gasteiger partial charge in [0.1, 0.15) is 6.04 Å². The Morgan fingerprint density at radius 2 is 1.65 bits per heavy atom. The topological polar surface area (TPSA) is 102 Å². The molecular formula is C18H20N2O5S. The summed E-state index contributed by atoms with van der Waals surface area (Å²) in [7, 11) is -2.66. The zero-order valence-corrected chi connectivity index (χ0v) is 15.2. The van der Waals surface area contributed by atoms with Crippen LogP contribution >= 0.6 is 0 Å². The summed E-state index contributed by atoms with van der Waals surface area (Å²) in [6.07, 6.45) is 0. The van der Waals surface area contributed by atoms with Crippen molar-refractivity contribution in [1.29, 1.82) is 0 Å². The second kappa shape index (κ2) is 8.59. The molecular weight excluding hydrogens is 356 g/mol. The van der Waals surface area contributed by atoms with Crippen molar-refractivity contribution in [1.82, 2.24) is 10.0 Å². The minimum atomic E-state index is -3.82. The molecule has 0 fully saturated rings. The molecule has 2 N–H and O–H groups in total. The van der Waals surface area contributed by atoms with Gasteiger partial charge in [0.05, 0.1) is 12.0 Å². The van der Waals surface area contributed by atoms with Crippen LogP contribution in [0, 0.1) is 6.92 Å². The highest BCUT2D eigenvalue weighted by atomic mass is 32.2. The first kappa shape index (κ1) is 19.6. The van der Waals surface area contributed by atoms with Crippen molar-refractivity contribution in [2.75, 3.05) is 13.7 Å². The minimum Gasteiger partial charge on any atom is -0.467 e. The van der Waals surface area contributed by atoms with Crippen molar-refractivity contribution in [3.8, 4) is 0 Å². The Morgan fingerprint density at radius 1 is 1.04 bits per heavy atom. The van der Waals surface area contributed by atoms with E-state index in [0.717, 1.165) is 5.56 Å². The number of nitrogens with one attached hydrogen (secondary N) is 2. The molecule has 0 aliphatic heterocycles. The Hall–Kier alpha value is -2.71. The molecule has 1 amide bonds. The van der Waals surface area contributed by atoms with Crippen LogP contribution in [0.15, 0.2) is 59.5 Å². The molecule has 2 rings (SSSR count). The van der Waals surface area contributed by atoms with E-state index in [-0.39, 0.29) is 11.4 Å². The highest BCUT2D eigenvalue weighted by Crippen LogP contribution is 2.10. The summed E-state index contributed by atoms with van der Waals surface area (Å²) in [5.74, 6) is -1.25. The second-order valence-electron chi connectivity index (χ2n) is 5.58. The number of carbonyl (C=O) groups is 2. The van der Waals surface area contributed by atoms with Crippen LogP contribution < -0.4 is 10.0 Å². The molecule has 0 aromatic heterocycles. The van der Waals surface area contributed by atoms with E-state index in [0.29, 0.717) is 5.56 Å². The fraction of sp³-hybridized carbons (Fsp3) is 0.222. The lowest BCUT2D eigenvalue weighted by atomic mass is 10.2. The standard InChI is InChI=1S/C18H20N2O5S/c1-13-8-10-15(11-9-13)26(23,24)19-12-16(18(22)25-2)20-17(21)14-6-4-3-5-7-14/h3-11,16,19H,12H2,1-2H3,(H,20,21)/t16-/m0/s1. The Kier molecular flexibility index (Phi) is 6.48. The Bertz CT molecular complexity index is 864. The van der Waals surface area contributed by atoms with Gasteiger partial charge in [-0.25, -0.2) is 17.9 Å². The maximum atomic E-state index is 12.3. The summed E-state index contributed by atoms with van der Waals surface area (Å²) in [6.45, 7) is 1.51. The SMILES string of the molecule is COC(=O)[C@H](CNS(=O)(=O)c1ccc(C)cc1)NC(=O)c1ccccc1. The molecule has 1 atom stereocenters. The molecule has 0 unspecified atom stereocenters. The maximum absolute atomic E-state index is 12.3. The first-order valence-corrected chi connectivity index (χ1v) is 9.32. The van der Waals surface area contributed by atoms with E-state index in [1.165, 1.54) is 19.2 Å². The zero-order valence-electron chi connectivity index (χ0n) is 14.4. The molecule has 2 aromatic carbocycles. The van der Waals surface area contributed by atoms with Crippen molar-refractivity contribution < 1.29 is 22.7 Å². The number of methoxy groups -OCH3 is 1. The lowest BCUT2D eigenvalue weighted by Crippen LogP contribution is -2.48. The molecule has 138 valence electrons. The number of benzene rings is 2. The molecule has 8 heteroatoms. The predicted molar refractivity (Wildman–Crippen MR) is 96.1 cm³/mol. The van der Waals surface area contributed by atoms with E-state index in [4.69, 9.17) is 0 Å². The number of aryl methyl sites for hydroxylation is 1. The van der Waals surface area contributed by atoms with Gasteiger partial charge in [-0.1, -0.05) is 35.9 Å². The van der Waals surface area contributed by atoms with Gasteiger partial charge in [-0.15, -0.1) is 0 Å². The average molecular weight is 376 g/mol. The van der Waals surface area contributed by atoms with Crippen LogP contribution in [-0.2, 0) is 19.6 Å². The third kappa shape index (κ3) is 5.14. The second-order valence-corrected chi connectivity index (χ2v) is 7.35. The Balaban J connectivity index is 2.09. The van der Waals surface area contributed by atoms with Crippen molar-refractivity contribution >= 4 is 21.9 Å². The third-order valence-corrected chi connectivity index (χ3v) is 5.08.